The van der Waals surface area contributed by atoms with Crippen LogP contribution < -0.4 is 4.90 Å². The number of rotatable bonds is 3. The summed E-state index contributed by atoms with van der Waals surface area (Å²) in [6, 6.07) is 7.85. The van der Waals surface area contributed by atoms with E-state index in [2.05, 4.69) is 16.9 Å². The van der Waals surface area contributed by atoms with E-state index in [1.165, 1.54) is 11.3 Å². The van der Waals surface area contributed by atoms with E-state index in [1.54, 1.807) is 4.90 Å². The van der Waals surface area contributed by atoms with E-state index in [1.807, 2.05) is 43.6 Å². The maximum absolute atomic E-state index is 12.6. The van der Waals surface area contributed by atoms with Gasteiger partial charge in [0.05, 0.1) is 15.9 Å². The van der Waals surface area contributed by atoms with Crippen molar-refractivity contribution in [1.29, 1.82) is 0 Å². The van der Waals surface area contributed by atoms with Crippen LogP contribution in [0.1, 0.15) is 28.0 Å². The molecule has 3 rings (SSSR count). The third kappa shape index (κ3) is 2.45. The Hall–Kier alpha value is -2.14. The highest BCUT2D eigenvalue weighted by Gasteiger charge is 2.18. The highest BCUT2D eigenvalue weighted by atomic mass is 32.1. The number of amides is 1. The number of aromatic amines is 1. The molecule has 5 heteroatoms. The first-order valence-corrected chi connectivity index (χ1v) is 7.79. The standard InChI is InChI=1S/C16H17N3OS/c1-4-11-7-8-21-15(11)16(20)19(3)12-5-6-13-14(9-12)18-10(2)17-13/h5-9H,4H2,1-3H3,(H,17,18). The summed E-state index contributed by atoms with van der Waals surface area (Å²) < 4.78 is 0. The molecule has 2 aromatic heterocycles. The summed E-state index contributed by atoms with van der Waals surface area (Å²) in [5, 5.41) is 1.97. The number of H-pyrrole nitrogens is 1. The smallest absolute Gasteiger partial charge is 0.268 e. The number of nitrogens with one attached hydrogen (secondary N) is 1. The molecule has 0 aliphatic carbocycles. The number of fused-ring (bicyclic) bond motifs is 1. The van der Waals surface area contributed by atoms with Gasteiger partial charge in [-0.15, -0.1) is 11.3 Å². The van der Waals surface area contributed by atoms with Crippen LogP contribution >= 0.6 is 11.3 Å². The van der Waals surface area contributed by atoms with Crippen LogP contribution in [-0.4, -0.2) is 22.9 Å². The second-order valence-corrected chi connectivity index (χ2v) is 5.93. The molecule has 0 spiro atoms. The van der Waals surface area contributed by atoms with E-state index < -0.39 is 0 Å². The van der Waals surface area contributed by atoms with Crippen LogP contribution in [0.5, 0.6) is 0 Å². The summed E-state index contributed by atoms with van der Waals surface area (Å²) in [5.74, 6) is 0.917. The normalized spacial score (nSPS) is 11.0. The van der Waals surface area contributed by atoms with Crippen molar-refractivity contribution < 1.29 is 4.79 Å². The van der Waals surface area contributed by atoms with Gasteiger partial charge in [-0.25, -0.2) is 4.98 Å². The number of aromatic nitrogens is 2. The van der Waals surface area contributed by atoms with Crippen LogP contribution in [0.4, 0.5) is 5.69 Å². The van der Waals surface area contributed by atoms with Crippen LogP contribution in [0, 0.1) is 6.92 Å². The molecule has 0 radical (unpaired) electrons. The summed E-state index contributed by atoms with van der Waals surface area (Å²) >= 11 is 1.50. The fourth-order valence-corrected chi connectivity index (χ4v) is 3.37. The summed E-state index contributed by atoms with van der Waals surface area (Å²) in [6.07, 6.45) is 0.872. The Morgan fingerprint density at radius 3 is 2.95 bits per heavy atom. The van der Waals surface area contributed by atoms with Crippen LogP contribution in [-0.2, 0) is 6.42 Å². The molecular formula is C16H17N3OS. The van der Waals surface area contributed by atoms with Gasteiger partial charge in [0, 0.05) is 12.7 Å². The number of aryl methyl sites for hydroxylation is 2. The Balaban J connectivity index is 1.95. The molecule has 0 aliphatic rings. The topological polar surface area (TPSA) is 49.0 Å². The van der Waals surface area contributed by atoms with E-state index in [9.17, 15) is 4.79 Å². The zero-order valence-corrected chi connectivity index (χ0v) is 13.1. The third-order valence-electron chi connectivity index (χ3n) is 3.60. The van der Waals surface area contributed by atoms with Crippen molar-refractivity contribution in [3.05, 3.63) is 45.9 Å². The minimum atomic E-state index is 0.0393. The van der Waals surface area contributed by atoms with Gasteiger partial charge in [-0.05, 0) is 48.6 Å². The number of nitrogens with zero attached hydrogens (tertiary/aromatic N) is 2. The van der Waals surface area contributed by atoms with E-state index >= 15 is 0 Å². The molecule has 3 aromatic rings. The molecule has 0 fully saturated rings. The molecule has 108 valence electrons. The maximum Gasteiger partial charge on any atom is 0.268 e. The van der Waals surface area contributed by atoms with Crippen molar-refractivity contribution in [2.75, 3.05) is 11.9 Å². The Morgan fingerprint density at radius 2 is 2.19 bits per heavy atom. The van der Waals surface area contributed by atoms with Crippen molar-refractivity contribution >= 4 is 34.0 Å². The molecule has 0 saturated heterocycles. The number of hydrogen-bond donors (Lipinski definition) is 1. The van der Waals surface area contributed by atoms with E-state index in [-0.39, 0.29) is 5.91 Å². The highest BCUT2D eigenvalue weighted by molar-refractivity contribution is 7.12. The number of benzene rings is 1. The lowest BCUT2D eigenvalue weighted by molar-refractivity contribution is 0.0996. The average Bonchev–Trinajstić information content (AvgIpc) is 3.09. The number of carbonyl (C=O) groups excluding carboxylic acids is 1. The van der Waals surface area contributed by atoms with Gasteiger partial charge < -0.3 is 9.88 Å². The first-order valence-electron chi connectivity index (χ1n) is 6.91. The van der Waals surface area contributed by atoms with Gasteiger partial charge in [-0.1, -0.05) is 6.92 Å². The molecule has 0 atom stereocenters. The van der Waals surface area contributed by atoms with Gasteiger partial charge in [-0.3, -0.25) is 4.79 Å². The van der Waals surface area contributed by atoms with Gasteiger partial charge in [0.25, 0.3) is 5.91 Å². The van der Waals surface area contributed by atoms with Gasteiger partial charge >= 0.3 is 0 Å². The molecule has 4 nitrogen and oxygen atoms in total. The van der Waals surface area contributed by atoms with E-state index in [4.69, 9.17) is 0 Å². The second kappa shape index (κ2) is 5.33. The number of hydrogen-bond acceptors (Lipinski definition) is 3. The molecule has 0 unspecified atom stereocenters. The lowest BCUT2D eigenvalue weighted by atomic mass is 10.2. The maximum atomic E-state index is 12.6. The highest BCUT2D eigenvalue weighted by Crippen LogP contribution is 2.24. The van der Waals surface area contributed by atoms with Crippen molar-refractivity contribution in [1.82, 2.24) is 9.97 Å². The van der Waals surface area contributed by atoms with Crippen LogP contribution in [0.25, 0.3) is 11.0 Å². The molecule has 0 bridgehead atoms. The predicted molar refractivity (Wildman–Crippen MR) is 87.3 cm³/mol. The van der Waals surface area contributed by atoms with E-state index in [0.717, 1.165) is 39.4 Å². The molecule has 1 amide bonds. The SMILES string of the molecule is CCc1ccsc1C(=O)N(C)c1ccc2nc(C)[nH]c2c1. The Labute approximate surface area is 127 Å². The zero-order valence-electron chi connectivity index (χ0n) is 12.3. The molecule has 2 heterocycles. The predicted octanol–water partition coefficient (Wildman–Crippen LogP) is 3.77. The molecule has 21 heavy (non-hydrogen) atoms. The third-order valence-corrected chi connectivity index (χ3v) is 4.54. The monoisotopic (exact) mass is 299 g/mol. The second-order valence-electron chi connectivity index (χ2n) is 5.02. The number of imidazole rings is 1. The van der Waals surface area contributed by atoms with Gasteiger partial charge in [0.2, 0.25) is 0 Å². The van der Waals surface area contributed by atoms with Crippen LogP contribution in [0.3, 0.4) is 0 Å². The van der Waals surface area contributed by atoms with Gasteiger partial charge in [0.15, 0.2) is 0 Å². The van der Waals surface area contributed by atoms with E-state index in [0.29, 0.717) is 0 Å². The lowest BCUT2D eigenvalue weighted by Crippen LogP contribution is -2.26. The Morgan fingerprint density at radius 1 is 1.38 bits per heavy atom. The quantitative estimate of drug-likeness (QED) is 0.800. The van der Waals surface area contributed by atoms with Gasteiger partial charge in [0.1, 0.15) is 5.82 Å². The fraction of sp³-hybridized carbons (Fsp3) is 0.250. The van der Waals surface area contributed by atoms with Crippen molar-refractivity contribution in [3.63, 3.8) is 0 Å². The summed E-state index contributed by atoms with van der Waals surface area (Å²) in [6.45, 7) is 3.99. The minimum Gasteiger partial charge on any atom is -0.342 e. The fourth-order valence-electron chi connectivity index (χ4n) is 2.41. The largest absolute Gasteiger partial charge is 0.342 e. The first-order chi connectivity index (χ1) is 10.1. The van der Waals surface area contributed by atoms with Gasteiger partial charge in [-0.2, -0.15) is 0 Å². The molecule has 0 saturated carbocycles. The molecular weight excluding hydrogens is 282 g/mol. The Kier molecular flexibility index (Phi) is 3.51. The summed E-state index contributed by atoms with van der Waals surface area (Å²) in [7, 11) is 1.81. The lowest BCUT2D eigenvalue weighted by Gasteiger charge is -2.17. The molecule has 1 N–H and O–H groups in total. The van der Waals surface area contributed by atoms with Crippen molar-refractivity contribution in [3.8, 4) is 0 Å². The first kappa shape index (κ1) is 13.8. The summed E-state index contributed by atoms with van der Waals surface area (Å²) in [5.41, 5.74) is 3.84. The molecule has 1 aromatic carbocycles. The van der Waals surface area contributed by atoms with Crippen LogP contribution in [0.15, 0.2) is 29.6 Å². The zero-order chi connectivity index (χ0) is 15.0. The van der Waals surface area contributed by atoms with Crippen molar-refractivity contribution in [2.24, 2.45) is 0 Å². The van der Waals surface area contributed by atoms with Crippen LogP contribution in [0.2, 0.25) is 0 Å². The number of thiophene rings is 1. The van der Waals surface area contributed by atoms with Crippen molar-refractivity contribution in [2.45, 2.75) is 20.3 Å². The number of carbonyl (C=O) groups is 1. The average molecular weight is 299 g/mol. The summed E-state index contributed by atoms with van der Waals surface area (Å²) in [4.78, 5) is 22.7. The number of anilines is 1. The Bertz CT molecular complexity index is 803. The molecule has 0 aliphatic heterocycles. The minimum absolute atomic E-state index is 0.0393.